The monoisotopic (exact) mass is 376 g/mol. The van der Waals surface area contributed by atoms with Gasteiger partial charge < -0.3 is 19.7 Å². The van der Waals surface area contributed by atoms with E-state index in [9.17, 15) is 4.79 Å². The first-order chi connectivity index (χ1) is 12.4. The van der Waals surface area contributed by atoms with Crippen LogP contribution in [-0.2, 0) is 0 Å². The lowest BCUT2D eigenvalue weighted by Gasteiger charge is -2.28. The van der Waals surface area contributed by atoms with Gasteiger partial charge in [0.25, 0.3) is 0 Å². The fourth-order valence-corrected chi connectivity index (χ4v) is 2.91. The van der Waals surface area contributed by atoms with Gasteiger partial charge in [0, 0.05) is 23.7 Å². The predicted octanol–water partition coefficient (Wildman–Crippen LogP) is 4.82. The molecule has 2 aromatic rings. The first kappa shape index (κ1) is 19.9. The van der Waals surface area contributed by atoms with Crippen LogP contribution in [0.25, 0.3) is 0 Å². The van der Waals surface area contributed by atoms with Crippen LogP contribution in [0.4, 0.5) is 4.79 Å². The van der Waals surface area contributed by atoms with Crippen molar-refractivity contribution >= 4 is 17.6 Å². The fraction of sp³-hybridized carbons (Fsp3) is 0.350. The van der Waals surface area contributed by atoms with Gasteiger partial charge in [-0.1, -0.05) is 23.7 Å². The Bertz CT molecular complexity index is 766. The minimum absolute atomic E-state index is 0.112. The minimum atomic E-state index is -0.225. The Morgan fingerprint density at radius 2 is 1.85 bits per heavy atom. The number of hydrogen-bond donors (Lipinski definition) is 1. The van der Waals surface area contributed by atoms with E-state index in [1.807, 2.05) is 50.2 Å². The molecule has 0 aliphatic carbocycles. The smallest absolute Gasteiger partial charge is 0.318 e. The van der Waals surface area contributed by atoms with E-state index in [0.717, 1.165) is 11.1 Å². The van der Waals surface area contributed by atoms with Gasteiger partial charge in [-0.15, -0.1) is 0 Å². The van der Waals surface area contributed by atoms with Crippen molar-refractivity contribution in [3.63, 3.8) is 0 Å². The minimum Gasteiger partial charge on any atom is -0.497 e. The second-order valence-electron chi connectivity index (χ2n) is 6.12. The van der Waals surface area contributed by atoms with E-state index in [4.69, 9.17) is 21.1 Å². The second kappa shape index (κ2) is 8.81. The number of nitrogens with one attached hydrogen (secondary N) is 1. The lowest BCUT2D eigenvalue weighted by atomic mass is 10.1. The summed E-state index contributed by atoms with van der Waals surface area (Å²) in [5.41, 5.74) is 1.86. The van der Waals surface area contributed by atoms with E-state index in [1.54, 1.807) is 32.2 Å². The Labute approximate surface area is 159 Å². The molecule has 0 spiro atoms. The molecular weight excluding hydrogens is 352 g/mol. The molecule has 140 valence electrons. The van der Waals surface area contributed by atoms with Crippen LogP contribution >= 0.6 is 11.6 Å². The molecule has 0 radical (unpaired) electrons. The van der Waals surface area contributed by atoms with E-state index in [-0.39, 0.29) is 18.1 Å². The highest BCUT2D eigenvalue weighted by molar-refractivity contribution is 6.30. The van der Waals surface area contributed by atoms with Gasteiger partial charge in [-0.25, -0.2) is 4.79 Å². The number of amides is 2. The average molecular weight is 377 g/mol. The maximum Gasteiger partial charge on any atom is 0.318 e. The van der Waals surface area contributed by atoms with Gasteiger partial charge in [0.05, 0.1) is 26.3 Å². The number of hydrogen-bond acceptors (Lipinski definition) is 3. The summed E-state index contributed by atoms with van der Waals surface area (Å²) in [5.74, 6) is 1.37. The van der Waals surface area contributed by atoms with Crippen molar-refractivity contribution in [3.05, 3.63) is 58.6 Å². The number of carbonyl (C=O) groups excluding carboxylic acids is 1. The molecule has 2 amide bonds. The summed E-state index contributed by atoms with van der Waals surface area (Å²) < 4.78 is 10.6. The van der Waals surface area contributed by atoms with Gasteiger partial charge in [-0.3, -0.25) is 0 Å². The summed E-state index contributed by atoms with van der Waals surface area (Å²) in [7, 11) is 4.96. The maximum absolute atomic E-state index is 12.7. The summed E-state index contributed by atoms with van der Waals surface area (Å²) >= 11 is 6.05. The molecule has 5 nitrogen and oxygen atoms in total. The Kier molecular flexibility index (Phi) is 6.75. The van der Waals surface area contributed by atoms with Crippen molar-refractivity contribution in [2.45, 2.75) is 25.9 Å². The number of methoxy groups -OCH3 is 2. The molecule has 0 aliphatic rings. The summed E-state index contributed by atoms with van der Waals surface area (Å²) in [6.45, 7) is 3.88. The number of carbonyl (C=O) groups is 1. The molecule has 2 atom stereocenters. The zero-order chi connectivity index (χ0) is 19.3. The number of nitrogens with zero attached hydrogens (tertiary/aromatic N) is 1. The van der Waals surface area contributed by atoms with Crippen LogP contribution in [0.15, 0.2) is 42.5 Å². The lowest BCUT2D eigenvalue weighted by Crippen LogP contribution is -2.40. The van der Waals surface area contributed by atoms with Crippen molar-refractivity contribution in [2.75, 3.05) is 21.3 Å². The second-order valence-corrected chi connectivity index (χ2v) is 6.56. The maximum atomic E-state index is 12.7. The molecule has 6 heteroatoms. The van der Waals surface area contributed by atoms with Crippen LogP contribution in [-0.4, -0.2) is 32.2 Å². The highest BCUT2D eigenvalue weighted by atomic mass is 35.5. The average Bonchev–Trinajstić information content (AvgIpc) is 2.65. The molecular formula is C20H25ClN2O3. The largest absolute Gasteiger partial charge is 0.497 e. The van der Waals surface area contributed by atoms with Crippen molar-refractivity contribution in [1.29, 1.82) is 0 Å². The standard InChI is InChI=1S/C20H25ClN2O3/c1-13(18-10-9-17(25-4)12-19(18)26-5)22-20(24)23(3)14(2)15-7-6-8-16(21)11-15/h6-14H,1-5H3,(H,22,24). The fourth-order valence-electron chi connectivity index (χ4n) is 2.71. The van der Waals surface area contributed by atoms with E-state index in [0.29, 0.717) is 16.5 Å². The molecule has 2 unspecified atom stereocenters. The Morgan fingerprint density at radius 1 is 1.12 bits per heavy atom. The van der Waals surface area contributed by atoms with Crippen LogP contribution in [0, 0.1) is 0 Å². The molecule has 0 fully saturated rings. The van der Waals surface area contributed by atoms with Crippen LogP contribution < -0.4 is 14.8 Å². The lowest BCUT2D eigenvalue weighted by molar-refractivity contribution is 0.191. The van der Waals surface area contributed by atoms with Gasteiger partial charge in [0.2, 0.25) is 0 Å². The highest BCUT2D eigenvalue weighted by Gasteiger charge is 2.21. The highest BCUT2D eigenvalue weighted by Crippen LogP contribution is 2.30. The quantitative estimate of drug-likeness (QED) is 0.786. The van der Waals surface area contributed by atoms with Gasteiger partial charge in [-0.2, -0.15) is 0 Å². The third-order valence-electron chi connectivity index (χ3n) is 4.48. The Balaban J connectivity index is 2.11. The van der Waals surface area contributed by atoms with E-state index in [1.165, 1.54) is 0 Å². The Morgan fingerprint density at radius 3 is 2.46 bits per heavy atom. The zero-order valence-electron chi connectivity index (χ0n) is 15.7. The normalized spacial score (nSPS) is 12.8. The number of halogens is 1. The van der Waals surface area contributed by atoms with Gasteiger partial charge in [-0.05, 0) is 43.7 Å². The van der Waals surface area contributed by atoms with Crippen LogP contribution in [0.3, 0.4) is 0 Å². The molecule has 26 heavy (non-hydrogen) atoms. The Hall–Kier alpha value is -2.40. The van der Waals surface area contributed by atoms with E-state index >= 15 is 0 Å². The number of ether oxygens (including phenoxy) is 2. The molecule has 0 aromatic heterocycles. The predicted molar refractivity (Wildman–Crippen MR) is 104 cm³/mol. The van der Waals surface area contributed by atoms with Crippen molar-refractivity contribution in [1.82, 2.24) is 10.2 Å². The molecule has 0 saturated heterocycles. The molecule has 2 rings (SSSR count). The van der Waals surface area contributed by atoms with E-state index < -0.39 is 0 Å². The summed E-state index contributed by atoms with van der Waals surface area (Å²) in [6.07, 6.45) is 0. The van der Waals surface area contributed by atoms with Crippen LogP contribution in [0.2, 0.25) is 5.02 Å². The van der Waals surface area contributed by atoms with Crippen molar-refractivity contribution in [3.8, 4) is 11.5 Å². The molecule has 2 aromatic carbocycles. The number of rotatable bonds is 6. The number of benzene rings is 2. The number of urea groups is 1. The van der Waals surface area contributed by atoms with Crippen LogP contribution in [0.1, 0.15) is 37.1 Å². The van der Waals surface area contributed by atoms with Gasteiger partial charge >= 0.3 is 6.03 Å². The SMILES string of the molecule is COc1ccc(C(C)NC(=O)N(C)C(C)c2cccc(Cl)c2)c(OC)c1. The van der Waals surface area contributed by atoms with Crippen LogP contribution in [0.5, 0.6) is 11.5 Å². The molecule has 0 saturated carbocycles. The van der Waals surface area contributed by atoms with Gasteiger partial charge in [0.1, 0.15) is 11.5 Å². The first-order valence-corrected chi connectivity index (χ1v) is 8.75. The summed E-state index contributed by atoms with van der Waals surface area (Å²) in [6, 6.07) is 12.5. The summed E-state index contributed by atoms with van der Waals surface area (Å²) in [5, 5.41) is 3.66. The molecule has 0 aliphatic heterocycles. The molecule has 0 heterocycles. The zero-order valence-corrected chi connectivity index (χ0v) is 16.5. The summed E-state index contributed by atoms with van der Waals surface area (Å²) in [4.78, 5) is 14.3. The topological polar surface area (TPSA) is 50.8 Å². The molecule has 0 bridgehead atoms. The van der Waals surface area contributed by atoms with Gasteiger partial charge in [0.15, 0.2) is 0 Å². The first-order valence-electron chi connectivity index (χ1n) is 8.38. The van der Waals surface area contributed by atoms with Crippen molar-refractivity contribution < 1.29 is 14.3 Å². The third kappa shape index (κ3) is 4.61. The molecule has 1 N–H and O–H groups in total. The van der Waals surface area contributed by atoms with E-state index in [2.05, 4.69) is 5.32 Å². The van der Waals surface area contributed by atoms with Crippen molar-refractivity contribution in [2.24, 2.45) is 0 Å². The third-order valence-corrected chi connectivity index (χ3v) is 4.71.